The van der Waals surface area contributed by atoms with Gasteiger partial charge in [-0.15, -0.1) is 0 Å². The number of aromatic nitrogens is 2. The fraction of sp³-hybridized carbons (Fsp3) is 0.600. The van der Waals surface area contributed by atoms with E-state index in [1.165, 1.54) is 6.42 Å². The lowest BCUT2D eigenvalue weighted by molar-refractivity contribution is 0.710. The molecule has 1 aliphatic rings. The van der Waals surface area contributed by atoms with Gasteiger partial charge in [-0.05, 0) is 12.5 Å². The van der Waals surface area contributed by atoms with Crippen LogP contribution in [-0.4, -0.2) is 34.1 Å². The molecular weight excluding hydrogens is 208 g/mol. The van der Waals surface area contributed by atoms with Gasteiger partial charge in [0.2, 0.25) is 5.95 Å². The zero-order chi connectivity index (χ0) is 10.7. The molecule has 1 unspecified atom stereocenters. The first-order chi connectivity index (χ1) is 7.29. The van der Waals surface area contributed by atoms with Crippen LogP contribution in [-0.2, 0) is 0 Å². The Morgan fingerprint density at radius 3 is 3.27 bits per heavy atom. The van der Waals surface area contributed by atoms with Crippen LogP contribution >= 0.6 is 11.8 Å². The van der Waals surface area contributed by atoms with Gasteiger partial charge in [0.15, 0.2) is 0 Å². The van der Waals surface area contributed by atoms with E-state index in [0.717, 1.165) is 24.8 Å². The third kappa shape index (κ3) is 2.53. The predicted molar refractivity (Wildman–Crippen MR) is 65.2 cm³/mol. The summed E-state index contributed by atoms with van der Waals surface area (Å²) in [6.45, 7) is 4.27. The number of nitrogens with zero attached hydrogens (tertiary/aromatic N) is 3. The van der Waals surface area contributed by atoms with Crippen LogP contribution in [0.4, 0.5) is 11.8 Å². The highest BCUT2D eigenvalue weighted by Gasteiger charge is 2.20. The van der Waals surface area contributed by atoms with Crippen molar-refractivity contribution in [3.8, 4) is 0 Å². The van der Waals surface area contributed by atoms with Crippen molar-refractivity contribution in [2.45, 2.75) is 18.6 Å². The number of nitrogens with two attached hydrogens (primary N) is 1. The van der Waals surface area contributed by atoms with E-state index in [-0.39, 0.29) is 0 Å². The molecular formula is C10H16N4S. The minimum absolute atomic E-state index is 0.547. The van der Waals surface area contributed by atoms with E-state index in [1.54, 1.807) is 12.3 Å². The first kappa shape index (κ1) is 10.5. The molecule has 0 bridgehead atoms. The highest BCUT2D eigenvalue weighted by Crippen LogP contribution is 2.23. The standard InChI is InChI=1S/C10H16N4S/c1-2-8-7-14(5-6-15-8)10-12-4-3-9(11)13-10/h3-4,8H,2,5-7H2,1H3,(H2,11,12,13). The van der Waals surface area contributed by atoms with Gasteiger partial charge in [0.1, 0.15) is 5.82 Å². The van der Waals surface area contributed by atoms with Crippen molar-refractivity contribution in [3.05, 3.63) is 12.3 Å². The average molecular weight is 224 g/mol. The summed E-state index contributed by atoms with van der Waals surface area (Å²) in [4.78, 5) is 10.7. The summed E-state index contributed by atoms with van der Waals surface area (Å²) in [6.07, 6.45) is 2.92. The van der Waals surface area contributed by atoms with Gasteiger partial charge in [-0.25, -0.2) is 4.98 Å². The number of nitrogen functional groups attached to an aromatic ring is 1. The van der Waals surface area contributed by atoms with Crippen LogP contribution < -0.4 is 10.6 Å². The van der Waals surface area contributed by atoms with Gasteiger partial charge in [-0.3, -0.25) is 0 Å². The topological polar surface area (TPSA) is 55.0 Å². The van der Waals surface area contributed by atoms with E-state index < -0.39 is 0 Å². The molecule has 1 aliphatic heterocycles. The van der Waals surface area contributed by atoms with E-state index in [0.29, 0.717) is 11.1 Å². The Labute approximate surface area is 94.3 Å². The van der Waals surface area contributed by atoms with Crippen molar-refractivity contribution in [3.63, 3.8) is 0 Å². The zero-order valence-corrected chi connectivity index (χ0v) is 9.70. The zero-order valence-electron chi connectivity index (χ0n) is 8.89. The fourth-order valence-corrected chi connectivity index (χ4v) is 2.84. The third-order valence-electron chi connectivity index (χ3n) is 2.54. The molecule has 1 saturated heterocycles. The van der Waals surface area contributed by atoms with Gasteiger partial charge in [0, 0.05) is 30.3 Å². The molecule has 0 spiro atoms. The summed E-state index contributed by atoms with van der Waals surface area (Å²) < 4.78 is 0. The largest absolute Gasteiger partial charge is 0.384 e. The van der Waals surface area contributed by atoms with Crippen molar-refractivity contribution >= 4 is 23.5 Å². The molecule has 1 aromatic heterocycles. The maximum Gasteiger partial charge on any atom is 0.227 e. The van der Waals surface area contributed by atoms with Crippen molar-refractivity contribution < 1.29 is 0 Å². The summed E-state index contributed by atoms with van der Waals surface area (Å²) in [7, 11) is 0. The highest BCUT2D eigenvalue weighted by atomic mass is 32.2. The second kappa shape index (κ2) is 4.70. The minimum Gasteiger partial charge on any atom is -0.384 e. The number of hydrogen-bond donors (Lipinski definition) is 1. The molecule has 0 amide bonds. The maximum atomic E-state index is 5.65. The monoisotopic (exact) mass is 224 g/mol. The summed E-state index contributed by atoms with van der Waals surface area (Å²) in [5, 5.41) is 0.698. The van der Waals surface area contributed by atoms with Gasteiger partial charge in [0.25, 0.3) is 0 Å². The van der Waals surface area contributed by atoms with Crippen LogP contribution in [0, 0.1) is 0 Å². The molecule has 1 fully saturated rings. The van der Waals surface area contributed by atoms with Crippen LogP contribution in [0.3, 0.4) is 0 Å². The Hall–Kier alpha value is -0.970. The molecule has 1 atom stereocenters. The highest BCUT2D eigenvalue weighted by molar-refractivity contribution is 8.00. The van der Waals surface area contributed by atoms with E-state index in [1.807, 2.05) is 11.8 Å². The van der Waals surface area contributed by atoms with Crippen LogP contribution in [0.25, 0.3) is 0 Å². The minimum atomic E-state index is 0.547. The molecule has 2 N–H and O–H groups in total. The second-order valence-electron chi connectivity index (χ2n) is 3.63. The molecule has 82 valence electrons. The van der Waals surface area contributed by atoms with E-state index in [9.17, 15) is 0 Å². The molecule has 4 nitrogen and oxygen atoms in total. The smallest absolute Gasteiger partial charge is 0.227 e. The fourth-order valence-electron chi connectivity index (χ4n) is 1.66. The van der Waals surface area contributed by atoms with Crippen molar-refractivity contribution in [2.75, 3.05) is 29.5 Å². The molecule has 0 aliphatic carbocycles. The normalized spacial score (nSPS) is 21.7. The molecule has 2 rings (SSSR count). The maximum absolute atomic E-state index is 5.65. The van der Waals surface area contributed by atoms with E-state index >= 15 is 0 Å². The van der Waals surface area contributed by atoms with Crippen LogP contribution in [0.5, 0.6) is 0 Å². The quantitative estimate of drug-likeness (QED) is 0.822. The first-order valence-electron chi connectivity index (χ1n) is 5.24. The number of thioether (sulfide) groups is 1. The molecule has 5 heteroatoms. The van der Waals surface area contributed by atoms with E-state index in [2.05, 4.69) is 21.8 Å². The van der Waals surface area contributed by atoms with Gasteiger partial charge in [0.05, 0.1) is 0 Å². The lowest BCUT2D eigenvalue weighted by Gasteiger charge is -2.31. The molecule has 2 heterocycles. The Morgan fingerprint density at radius 1 is 1.67 bits per heavy atom. The molecule has 15 heavy (non-hydrogen) atoms. The SMILES string of the molecule is CCC1CN(c2nccc(N)n2)CCS1. The summed E-state index contributed by atoms with van der Waals surface area (Å²) in [5.74, 6) is 2.47. The molecule has 0 saturated carbocycles. The van der Waals surface area contributed by atoms with E-state index in [4.69, 9.17) is 5.73 Å². The summed E-state index contributed by atoms with van der Waals surface area (Å²) >= 11 is 2.04. The van der Waals surface area contributed by atoms with Crippen LogP contribution in [0.2, 0.25) is 0 Å². The predicted octanol–water partition coefficient (Wildman–Crippen LogP) is 1.39. The van der Waals surface area contributed by atoms with Crippen molar-refractivity contribution in [1.82, 2.24) is 9.97 Å². The van der Waals surface area contributed by atoms with Gasteiger partial charge < -0.3 is 10.6 Å². The lowest BCUT2D eigenvalue weighted by Crippen LogP contribution is -2.38. The van der Waals surface area contributed by atoms with Gasteiger partial charge >= 0.3 is 0 Å². The molecule has 0 radical (unpaired) electrons. The van der Waals surface area contributed by atoms with Crippen molar-refractivity contribution in [2.24, 2.45) is 0 Å². The van der Waals surface area contributed by atoms with Gasteiger partial charge in [-0.2, -0.15) is 16.7 Å². The number of hydrogen-bond acceptors (Lipinski definition) is 5. The van der Waals surface area contributed by atoms with Crippen molar-refractivity contribution in [1.29, 1.82) is 0 Å². The Kier molecular flexibility index (Phi) is 3.30. The van der Waals surface area contributed by atoms with Gasteiger partial charge in [-0.1, -0.05) is 6.92 Å². The van der Waals surface area contributed by atoms with Crippen LogP contribution in [0.15, 0.2) is 12.3 Å². The number of anilines is 2. The average Bonchev–Trinajstić information content (AvgIpc) is 2.29. The molecule has 1 aromatic rings. The summed E-state index contributed by atoms with van der Waals surface area (Å²) in [6, 6.07) is 1.72. The first-order valence-corrected chi connectivity index (χ1v) is 6.29. The third-order valence-corrected chi connectivity index (χ3v) is 3.91. The summed E-state index contributed by atoms with van der Waals surface area (Å²) in [5.41, 5.74) is 5.65. The number of rotatable bonds is 2. The molecule has 0 aromatic carbocycles. The Morgan fingerprint density at radius 2 is 2.53 bits per heavy atom. The Bertz CT molecular complexity index is 331. The van der Waals surface area contributed by atoms with Crippen LogP contribution in [0.1, 0.15) is 13.3 Å². The lowest BCUT2D eigenvalue weighted by atomic mass is 10.3. The second-order valence-corrected chi connectivity index (χ2v) is 5.04. The Balaban J connectivity index is 2.09.